The minimum atomic E-state index is -0.0973. The Labute approximate surface area is 164 Å². The maximum Gasteiger partial charge on any atom is 0.258 e. The Morgan fingerprint density at radius 1 is 1.18 bits per heavy atom. The molecule has 4 rings (SSSR count). The first kappa shape index (κ1) is 18.2. The van der Waals surface area contributed by atoms with E-state index in [-0.39, 0.29) is 12.0 Å². The molecule has 1 atom stereocenters. The van der Waals surface area contributed by atoms with Crippen molar-refractivity contribution in [3.63, 3.8) is 0 Å². The summed E-state index contributed by atoms with van der Waals surface area (Å²) < 4.78 is 11.7. The molecule has 2 aromatic carbocycles. The Kier molecular flexibility index (Phi) is 5.37. The van der Waals surface area contributed by atoms with Gasteiger partial charge >= 0.3 is 0 Å². The van der Waals surface area contributed by atoms with Gasteiger partial charge in [-0.15, -0.1) is 5.10 Å². The van der Waals surface area contributed by atoms with Gasteiger partial charge in [-0.3, -0.25) is 4.79 Å². The highest BCUT2D eigenvalue weighted by molar-refractivity contribution is 6.09. The Balaban J connectivity index is 1.60. The van der Waals surface area contributed by atoms with Crippen molar-refractivity contribution in [3.8, 4) is 11.6 Å². The van der Waals surface area contributed by atoms with Gasteiger partial charge in [-0.2, -0.15) is 5.10 Å². The normalized spacial score (nSPS) is 16.8. The van der Waals surface area contributed by atoms with Gasteiger partial charge in [0.05, 0.1) is 18.7 Å². The highest BCUT2D eigenvalue weighted by Crippen LogP contribution is 2.30. The quantitative estimate of drug-likeness (QED) is 0.678. The predicted octanol–water partition coefficient (Wildman–Crippen LogP) is 3.71. The van der Waals surface area contributed by atoms with Crippen LogP contribution in [-0.2, 0) is 0 Å². The third-order valence-corrected chi connectivity index (χ3v) is 4.91. The molecule has 0 bridgehead atoms. The highest BCUT2D eigenvalue weighted by atomic mass is 16.5. The van der Waals surface area contributed by atoms with Gasteiger partial charge in [0.1, 0.15) is 11.9 Å². The number of likely N-dealkylation sites (tertiary alicyclic amines) is 1. The molecule has 28 heavy (non-hydrogen) atoms. The van der Waals surface area contributed by atoms with Crippen molar-refractivity contribution >= 4 is 16.7 Å². The monoisotopic (exact) mass is 377 g/mol. The molecule has 0 N–H and O–H groups in total. The van der Waals surface area contributed by atoms with Crippen LogP contribution in [0.2, 0.25) is 0 Å². The first-order valence-corrected chi connectivity index (χ1v) is 9.64. The topological polar surface area (TPSA) is 64.5 Å². The van der Waals surface area contributed by atoms with Crippen LogP contribution >= 0.6 is 0 Å². The third kappa shape index (κ3) is 3.76. The van der Waals surface area contributed by atoms with Gasteiger partial charge in [-0.1, -0.05) is 30.3 Å². The molecular weight excluding hydrogens is 354 g/mol. The number of amides is 1. The molecule has 144 valence electrons. The van der Waals surface area contributed by atoms with Crippen molar-refractivity contribution < 1.29 is 14.3 Å². The van der Waals surface area contributed by atoms with Crippen LogP contribution in [0.15, 0.2) is 54.7 Å². The molecule has 1 saturated heterocycles. The van der Waals surface area contributed by atoms with E-state index in [1.165, 1.54) is 0 Å². The fourth-order valence-electron chi connectivity index (χ4n) is 3.65. The van der Waals surface area contributed by atoms with Crippen molar-refractivity contribution in [2.75, 3.05) is 19.7 Å². The van der Waals surface area contributed by atoms with Gasteiger partial charge in [-0.05, 0) is 42.7 Å². The first-order chi connectivity index (χ1) is 13.8. The molecule has 6 heteroatoms. The molecule has 1 aliphatic rings. The molecular formula is C22H23N3O3. The van der Waals surface area contributed by atoms with Crippen LogP contribution in [0.5, 0.6) is 11.6 Å². The summed E-state index contributed by atoms with van der Waals surface area (Å²) in [5.41, 5.74) is 0.625. The largest absolute Gasteiger partial charge is 0.493 e. The molecule has 3 aromatic rings. The number of fused-ring (bicyclic) bond motifs is 1. The summed E-state index contributed by atoms with van der Waals surface area (Å²) in [6.07, 6.45) is 3.28. The molecule has 1 fully saturated rings. The van der Waals surface area contributed by atoms with E-state index in [4.69, 9.17) is 9.47 Å². The lowest BCUT2D eigenvalue weighted by Gasteiger charge is -2.33. The molecule has 6 nitrogen and oxygen atoms in total. The van der Waals surface area contributed by atoms with Crippen LogP contribution in [0.25, 0.3) is 10.8 Å². The van der Waals surface area contributed by atoms with Crippen LogP contribution < -0.4 is 9.47 Å². The summed E-state index contributed by atoms with van der Waals surface area (Å²) in [6.45, 7) is 3.66. The fraction of sp³-hybridized carbons (Fsp3) is 0.318. The lowest BCUT2D eigenvalue weighted by Crippen LogP contribution is -2.44. The summed E-state index contributed by atoms with van der Waals surface area (Å²) in [6, 6.07) is 15.4. The van der Waals surface area contributed by atoms with Gasteiger partial charge < -0.3 is 14.4 Å². The van der Waals surface area contributed by atoms with Crippen LogP contribution in [-0.4, -0.2) is 46.8 Å². The average molecular weight is 377 g/mol. The Bertz CT molecular complexity index is 962. The molecule has 1 unspecified atom stereocenters. The van der Waals surface area contributed by atoms with Gasteiger partial charge in [0.15, 0.2) is 0 Å². The van der Waals surface area contributed by atoms with Crippen molar-refractivity contribution in [3.05, 3.63) is 60.3 Å². The standard InChI is InChI=1S/C22H23N3O3/c1-2-27-19-12-11-16-7-3-4-9-18(16)21(19)22(26)25-14-6-8-17(15-25)28-20-10-5-13-23-24-20/h3-5,7,9-13,17H,2,6,8,14-15H2,1H3. The number of piperidine rings is 1. The zero-order chi connectivity index (χ0) is 19.3. The molecule has 0 saturated carbocycles. The lowest BCUT2D eigenvalue weighted by atomic mass is 10.0. The maximum atomic E-state index is 13.5. The van der Waals surface area contributed by atoms with E-state index in [1.807, 2.05) is 48.2 Å². The van der Waals surface area contributed by atoms with Crippen molar-refractivity contribution in [1.29, 1.82) is 0 Å². The first-order valence-electron chi connectivity index (χ1n) is 9.64. The number of carbonyl (C=O) groups excluding carboxylic acids is 1. The lowest BCUT2D eigenvalue weighted by molar-refractivity contribution is 0.0524. The number of hydrogen-bond acceptors (Lipinski definition) is 5. The van der Waals surface area contributed by atoms with Gasteiger partial charge in [-0.25, -0.2) is 0 Å². The van der Waals surface area contributed by atoms with E-state index < -0.39 is 0 Å². The zero-order valence-corrected chi connectivity index (χ0v) is 15.9. The predicted molar refractivity (Wildman–Crippen MR) is 107 cm³/mol. The number of ether oxygens (including phenoxy) is 2. The third-order valence-electron chi connectivity index (χ3n) is 4.91. The maximum absolute atomic E-state index is 13.5. The molecule has 0 radical (unpaired) electrons. The van der Waals surface area contributed by atoms with Crippen LogP contribution in [0.4, 0.5) is 0 Å². The van der Waals surface area contributed by atoms with E-state index in [9.17, 15) is 4.79 Å². The van der Waals surface area contributed by atoms with Crippen molar-refractivity contribution in [1.82, 2.24) is 15.1 Å². The molecule has 0 aliphatic carbocycles. The van der Waals surface area contributed by atoms with Crippen LogP contribution in [0, 0.1) is 0 Å². The Morgan fingerprint density at radius 2 is 2.07 bits per heavy atom. The van der Waals surface area contributed by atoms with E-state index in [2.05, 4.69) is 10.2 Å². The summed E-state index contributed by atoms with van der Waals surface area (Å²) in [7, 11) is 0. The molecule has 1 aromatic heterocycles. The SMILES string of the molecule is CCOc1ccc2ccccc2c1C(=O)N1CCCC(Oc2cccnn2)C1. The van der Waals surface area contributed by atoms with Crippen molar-refractivity contribution in [2.45, 2.75) is 25.9 Å². The second kappa shape index (κ2) is 8.25. The Morgan fingerprint density at radius 3 is 2.89 bits per heavy atom. The van der Waals surface area contributed by atoms with E-state index in [0.29, 0.717) is 36.9 Å². The van der Waals surface area contributed by atoms with Crippen LogP contribution in [0.1, 0.15) is 30.1 Å². The molecule has 2 heterocycles. The number of nitrogens with zero attached hydrogens (tertiary/aromatic N) is 3. The van der Waals surface area contributed by atoms with Crippen LogP contribution in [0.3, 0.4) is 0 Å². The number of benzene rings is 2. The highest BCUT2D eigenvalue weighted by Gasteiger charge is 2.28. The molecule has 0 spiro atoms. The van der Waals surface area contributed by atoms with E-state index in [1.54, 1.807) is 18.3 Å². The smallest absolute Gasteiger partial charge is 0.258 e. The minimum absolute atomic E-state index is 0.0207. The molecule has 1 amide bonds. The second-order valence-electron chi connectivity index (χ2n) is 6.79. The van der Waals surface area contributed by atoms with Crippen molar-refractivity contribution in [2.24, 2.45) is 0 Å². The summed E-state index contributed by atoms with van der Waals surface area (Å²) in [5, 5.41) is 9.77. The second-order valence-corrected chi connectivity index (χ2v) is 6.79. The average Bonchev–Trinajstić information content (AvgIpc) is 2.74. The minimum Gasteiger partial charge on any atom is -0.493 e. The van der Waals surface area contributed by atoms with Gasteiger partial charge in [0.25, 0.3) is 5.91 Å². The van der Waals surface area contributed by atoms with E-state index in [0.717, 1.165) is 23.6 Å². The van der Waals surface area contributed by atoms with E-state index >= 15 is 0 Å². The Hall–Kier alpha value is -3.15. The van der Waals surface area contributed by atoms with Gasteiger partial charge in [0.2, 0.25) is 5.88 Å². The number of aromatic nitrogens is 2. The zero-order valence-electron chi connectivity index (χ0n) is 15.9. The summed E-state index contributed by atoms with van der Waals surface area (Å²) >= 11 is 0. The number of carbonyl (C=O) groups is 1. The summed E-state index contributed by atoms with van der Waals surface area (Å²) in [4.78, 5) is 15.3. The fourth-order valence-corrected chi connectivity index (χ4v) is 3.65. The molecule has 1 aliphatic heterocycles. The number of rotatable bonds is 5. The van der Waals surface area contributed by atoms with Gasteiger partial charge in [0, 0.05) is 18.8 Å². The summed E-state index contributed by atoms with van der Waals surface area (Å²) in [5.74, 6) is 1.10. The number of hydrogen-bond donors (Lipinski definition) is 0.